The first kappa shape index (κ1) is 24.1. The molecule has 2 aromatic carbocycles. The summed E-state index contributed by atoms with van der Waals surface area (Å²) in [5.74, 6) is 0.767. The zero-order valence-corrected chi connectivity index (χ0v) is 18.1. The Bertz CT molecular complexity index is 1190. The van der Waals surface area contributed by atoms with Crippen molar-refractivity contribution >= 4 is 38.5 Å². The number of alkyl halides is 6. The third kappa shape index (κ3) is 6.00. The number of halogens is 8. The first-order valence-corrected chi connectivity index (χ1v) is 9.95. The topological polar surface area (TPSA) is 67.6 Å². The minimum absolute atomic E-state index is 0.0211. The number of nitrogens with one attached hydrogen (secondary N) is 1. The van der Waals surface area contributed by atoms with Gasteiger partial charge in [-0.25, -0.2) is 0 Å². The van der Waals surface area contributed by atoms with Crippen LogP contribution in [0.4, 0.5) is 26.3 Å². The molecular weight excluding hydrogens is 530 g/mol. The van der Waals surface area contributed by atoms with Crippen molar-refractivity contribution in [1.29, 1.82) is 0 Å². The summed E-state index contributed by atoms with van der Waals surface area (Å²) in [6.45, 7) is -3.67. The second kappa shape index (κ2) is 9.90. The number of hydrogen-bond acceptors (Lipinski definition) is 4. The molecule has 1 N–H and O–H groups in total. The molecule has 0 spiro atoms. The molecule has 0 bridgehead atoms. The van der Waals surface area contributed by atoms with Gasteiger partial charge in [0.05, 0.1) is 5.56 Å². The summed E-state index contributed by atoms with van der Waals surface area (Å²) in [4.78, 5) is 0. The molecule has 0 unspecified atom stereocenters. The molecule has 170 valence electrons. The summed E-state index contributed by atoms with van der Waals surface area (Å²) in [7, 11) is 0. The molecule has 13 heteroatoms. The van der Waals surface area contributed by atoms with Gasteiger partial charge in [0.15, 0.2) is 5.76 Å². The van der Waals surface area contributed by atoms with Crippen LogP contribution in [-0.2, 0) is 19.0 Å². The summed E-state index contributed by atoms with van der Waals surface area (Å²) in [5.41, 5.74) is 1.24. The second-order valence-corrected chi connectivity index (χ2v) is 7.65. The molecule has 0 radical (unpaired) electrons. The highest BCUT2D eigenvalue weighted by molar-refractivity contribution is 9.10. The molecule has 0 aliphatic rings. The van der Waals surface area contributed by atoms with Gasteiger partial charge in [-0.3, -0.25) is 0 Å². The van der Waals surface area contributed by atoms with Crippen molar-refractivity contribution in [2.75, 3.05) is 0 Å². The molecule has 4 aromatic rings. The summed E-state index contributed by atoms with van der Waals surface area (Å²) < 4.78 is 74.0. The van der Waals surface area contributed by atoms with E-state index in [0.717, 1.165) is 17.0 Å². The van der Waals surface area contributed by atoms with Gasteiger partial charge in [0.25, 0.3) is 0 Å². The highest BCUT2D eigenvalue weighted by Gasteiger charge is 2.33. The number of benzene rings is 2. The van der Waals surface area contributed by atoms with Gasteiger partial charge in [-0.2, -0.15) is 31.6 Å². The summed E-state index contributed by atoms with van der Waals surface area (Å²) >= 11 is 9.30. The van der Waals surface area contributed by atoms with Crippen molar-refractivity contribution in [2.24, 2.45) is 0 Å². The van der Waals surface area contributed by atoms with Crippen LogP contribution in [0, 0.1) is 0 Å². The van der Waals surface area contributed by atoms with E-state index in [9.17, 15) is 26.3 Å². The van der Waals surface area contributed by atoms with E-state index in [1.165, 1.54) is 6.07 Å². The number of fused-ring (bicyclic) bond motifs is 1. The lowest BCUT2D eigenvalue weighted by molar-refractivity contribution is -0.138. The molecule has 2 heterocycles. The fraction of sp³-hybridized carbons (Fsp3) is 0.211. The number of H-pyrrole nitrogens is 1. The van der Waals surface area contributed by atoms with Crippen LogP contribution in [0.5, 0.6) is 0 Å². The number of aromatic amines is 1. The maximum absolute atomic E-state index is 13.1. The van der Waals surface area contributed by atoms with Gasteiger partial charge in [0.1, 0.15) is 5.58 Å². The van der Waals surface area contributed by atoms with E-state index in [2.05, 4.69) is 36.6 Å². The van der Waals surface area contributed by atoms with E-state index in [0.29, 0.717) is 40.6 Å². The second-order valence-electron chi connectivity index (χ2n) is 6.39. The monoisotopic (exact) mass is 540 g/mol. The Morgan fingerprint density at radius 3 is 2.41 bits per heavy atom. The Kier molecular flexibility index (Phi) is 7.44. The summed E-state index contributed by atoms with van der Waals surface area (Å²) in [6.07, 6.45) is -3.54. The summed E-state index contributed by atoms with van der Waals surface area (Å²) in [6, 6.07) is 9.50. The molecule has 4 rings (SSSR count). The molecule has 0 saturated carbocycles. The predicted octanol–water partition coefficient (Wildman–Crippen LogP) is 7.01. The molecule has 32 heavy (non-hydrogen) atoms. The van der Waals surface area contributed by atoms with Gasteiger partial charge in [0.2, 0.25) is 5.82 Å². The van der Waals surface area contributed by atoms with Crippen LogP contribution >= 0.6 is 27.5 Å². The highest BCUT2D eigenvalue weighted by atomic mass is 79.9. The van der Waals surface area contributed by atoms with Crippen molar-refractivity contribution in [2.45, 2.75) is 25.7 Å². The third-order valence-corrected chi connectivity index (χ3v) is 5.31. The summed E-state index contributed by atoms with van der Waals surface area (Å²) in [5, 5.41) is 14.9. The van der Waals surface area contributed by atoms with Gasteiger partial charge in [-0.1, -0.05) is 33.6 Å². The molecule has 0 atom stereocenters. The van der Waals surface area contributed by atoms with Crippen LogP contribution in [0.25, 0.3) is 22.6 Å². The highest BCUT2D eigenvalue weighted by Crippen LogP contribution is 2.36. The molecule has 0 saturated heterocycles. The van der Waals surface area contributed by atoms with Crippen LogP contribution < -0.4 is 0 Å². The van der Waals surface area contributed by atoms with Gasteiger partial charge < -0.3 is 4.42 Å². The average molecular weight is 542 g/mol. The standard InChI is InChI=1S/C18H11BrClF3N4O.CHF3/c19-13-4-2-9(5-12(13)18(21,22)23)1-3-10-7-15-11(6-14(10)20)8-16(28-15)17-24-26-27-25-17;2-1(3)4/h2,4-8H,1,3H2,(H,24,25,26,27);1H. The van der Waals surface area contributed by atoms with E-state index in [1.54, 1.807) is 24.3 Å². The number of hydrogen-bond donors (Lipinski definition) is 1. The predicted molar refractivity (Wildman–Crippen MR) is 108 cm³/mol. The van der Waals surface area contributed by atoms with Crippen LogP contribution in [0.1, 0.15) is 16.7 Å². The lowest BCUT2D eigenvalue weighted by atomic mass is 10.0. The fourth-order valence-electron chi connectivity index (χ4n) is 2.89. The number of aromatic nitrogens is 4. The number of aryl methyl sites for hydroxylation is 2. The van der Waals surface area contributed by atoms with Crippen molar-refractivity contribution in [1.82, 2.24) is 20.6 Å². The van der Waals surface area contributed by atoms with Crippen molar-refractivity contribution in [3.05, 3.63) is 62.6 Å². The lowest BCUT2D eigenvalue weighted by Gasteiger charge is -2.11. The fourth-order valence-corrected chi connectivity index (χ4v) is 3.63. The molecule has 2 aromatic heterocycles. The average Bonchev–Trinajstić information content (AvgIpc) is 3.35. The SMILES string of the molecule is FC(F)(F)c1cc(CCc2cc3oc(-c4nn[nH]n4)cc3cc2Cl)ccc1Br.FC(F)F. The number of rotatable bonds is 4. The van der Waals surface area contributed by atoms with Gasteiger partial charge in [-0.15, -0.1) is 10.2 Å². The molecule has 5 nitrogen and oxygen atoms in total. The Morgan fingerprint density at radius 2 is 1.78 bits per heavy atom. The molecular formula is C19H12BrClF6N4O. The van der Waals surface area contributed by atoms with Crippen LogP contribution in [0.2, 0.25) is 5.02 Å². The molecule has 0 aliphatic carbocycles. The molecule has 0 fully saturated rings. The molecule has 0 aliphatic heterocycles. The Balaban J connectivity index is 0.000000668. The maximum atomic E-state index is 13.1. The minimum atomic E-state index is -4.41. The Labute approximate surface area is 189 Å². The van der Waals surface area contributed by atoms with Crippen LogP contribution in [0.3, 0.4) is 0 Å². The normalized spacial score (nSPS) is 11.7. The van der Waals surface area contributed by atoms with Crippen LogP contribution in [-0.4, -0.2) is 27.3 Å². The van der Waals surface area contributed by atoms with Crippen molar-refractivity contribution in [3.63, 3.8) is 0 Å². The number of tetrazole rings is 1. The third-order valence-electron chi connectivity index (χ3n) is 4.27. The zero-order valence-electron chi connectivity index (χ0n) is 15.7. The van der Waals surface area contributed by atoms with Gasteiger partial charge in [0, 0.05) is 14.9 Å². The Hall–Kier alpha value is -2.60. The maximum Gasteiger partial charge on any atom is 0.417 e. The smallest absolute Gasteiger partial charge is 0.417 e. The zero-order chi connectivity index (χ0) is 23.5. The minimum Gasteiger partial charge on any atom is -0.453 e. The van der Waals surface area contributed by atoms with Crippen molar-refractivity contribution in [3.8, 4) is 11.6 Å². The van der Waals surface area contributed by atoms with E-state index in [4.69, 9.17) is 16.0 Å². The lowest BCUT2D eigenvalue weighted by Crippen LogP contribution is -2.07. The van der Waals surface area contributed by atoms with Gasteiger partial charge in [-0.05, 0) is 59.5 Å². The largest absolute Gasteiger partial charge is 0.453 e. The van der Waals surface area contributed by atoms with E-state index >= 15 is 0 Å². The Morgan fingerprint density at radius 1 is 1.06 bits per heavy atom. The van der Waals surface area contributed by atoms with Crippen LogP contribution in [0.15, 0.2) is 45.3 Å². The number of nitrogens with zero attached hydrogens (tertiary/aromatic N) is 3. The molecule has 0 amide bonds. The first-order valence-electron chi connectivity index (χ1n) is 8.78. The number of furan rings is 1. The van der Waals surface area contributed by atoms with E-state index in [-0.39, 0.29) is 4.47 Å². The van der Waals surface area contributed by atoms with Gasteiger partial charge >= 0.3 is 12.9 Å². The quantitative estimate of drug-likeness (QED) is 0.282. The first-order chi connectivity index (χ1) is 15.0. The van der Waals surface area contributed by atoms with Crippen molar-refractivity contribution < 1.29 is 30.8 Å². The van der Waals surface area contributed by atoms with E-state index < -0.39 is 18.4 Å². The van der Waals surface area contributed by atoms with E-state index in [1.807, 2.05) is 0 Å².